The molecule has 1 atom stereocenters. The lowest BCUT2D eigenvalue weighted by atomic mass is 10.1. The largest absolute Gasteiger partial charge is 0.487 e. The number of benzene rings is 3. The third-order valence-corrected chi connectivity index (χ3v) is 11.5. The number of hydrazone groups is 1. The number of ether oxygens (including phenoxy) is 1. The van der Waals surface area contributed by atoms with Crippen LogP contribution in [0.1, 0.15) is 40.0 Å². The molecule has 50 heavy (non-hydrogen) atoms. The fraction of sp³-hybridized carbons (Fsp3) is 0.294. The minimum atomic E-state index is -4.19. The van der Waals surface area contributed by atoms with Gasteiger partial charge >= 0.3 is 0 Å². The van der Waals surface area contributed by atoms with Crippen LogP contribution in [0.3, 0.4) is 0 Å². The molecule has 0 unspecified atom stereocenters. The molecule has 0 saturated carbocycles. The van der Waals surface area contributed by atoms with Crippen molar-refractivity contribution in [1.29, 1.82) is 0 Å². The Hall–Kier alpha value is -3.65. The van der Waals surface area contributed by atoms with Gasteiger partial charge in [-0.1, -0.05) is 53.5 Å². The molecule has 4 aromatic rings. The number of fused-ring (bicyclic) bond motifs is 1. The van der Waals surface area contributed by atoms with Crippen molar-refractivity contribution < 1.29 is 22.7 Å². The number of aromatic nitrogens is 1. The van der Waals surface area contributed by atoms with Crippen LogP contribution in [-0.2, 0) is 21.4 Å². The number of halogens is 4. The molecular formula is C34H36Cl4N6O5S. The highest BCUT2D eigenvalue weighted by Gasteiger charge is 2.43. The molecule has 2 N–H and O–H groups in total. The highest BCUT2D eigenvalue weighted by Crippen LogP contribution is 2.37. The first-order valence-corrected chi connectivity index (χ1v) is 17.7. The van der Waals surface area contributed by atoms with Crippen LogP contribution in [0.25, 0.3) is 10.9 Å². The van der Waals surface area contributed by atoms with Gasteiger partial charge in [0.15, 0.2) is 0 Å². The summed E-state index contributed by atoms with van der Waals surface area (Å²) in [7, 11) is -4.19. The Bertz CT molecular complexity index is 2010. The Morgan fingerprint density at radius 2 is 1.66 bits per heavy atom. The zero-order valence-corrected chi connectivity index (χ0v) is 31.0. The van der Waals surface area contributed by atoms with Gasteiger partial charge in [-0.2, -0.15) is 9.41 Å². The summed E-state index contributed by atoms with van der Waals surface area (Å²) in [4.78, 5) is 34.6. The Morgan fingerprint density at radius 1 is 0.960 bits per heavy atom. The van der Waals surface area contributed by atoms with Crippen molar-refractivity contribution in [3.05, 3.63) is 99.2 Å². The maximum absolute atomic E-state index is 14.1. The fourth-order valence-electron chi connectivity index (χ4n) is 6.11. The van der Waals surface area contributed by atoms with Gasteiger partial charge in [0.25, 0.3) is 5.91 Å². The number of amides is 2. The van der Waals surface area contributed by atoms with Gasteiger partial charge in [0.2, 0.25) is 15.9 Å². The van der Waals surface area contributed by atoms with Crippen molar-refractivity contribution in [3.8, 4) is 5.75 Å². The molecule has 3 aromatic carbocycles. The van der Waals surface area contributed by atoms with Crippen molar-refractivity contribution >= 4 is 87.0 Å². The van der Waals surface area contributed by atoms with Crippen LogP contribution >= 0.6 is 48.0 Å². The SMILES string of the molecule is Cc1ccc2cccc(OCc3c(Cl)ccc(S(=O)(=O)N4CCC[C@H]4C(=O)N4CCN(C(=O)c5ccc(C=NN)cc5)CC4)c3Cl)c2n1.Cl.Cl. The van der Waals surface area contributed by atoms with Crippen LogP contribution in [0.5, 0.6) is 5.75 Å². The number of hydrogen-bond donors (Lipinski definition) is 1. The van der Waals surface area contributed by atoms with Crippen LogP contribution in [0.15, 0.2) is 76.7 Å². The van der Waals surface area contributed by atoms with E-state index in [1.54, 1.807) is 40.1 Å². The molecule has 266 valence electrons. The second-order valence-electron chi connectivity index (χ2n) is 11.7. The van der Waals surface area contributed by atoms with Gasteiger partial charge in [-0.05, 0) is 61.7 Å². The van der Waals surface area contributed by atoms with Gasteiger partial charge < -0.3 is 20.4 Å². The van der Waals surface area contributed by atoms with E-state index in [2.05, 4.69) is 10.1 Å². The number of sulfonamides is 1. The first-order valence-electron chi connectivity index (χ1n) is 15.5. The molecule has 2 aliphatic heterocycles. The molecule has 2 amide bonds. The quantitative estimate of drug-likeness (QED) is 0.138. The summed E-state index contributed by atoms with van der Waals surface area (Å²) in [6.45, 7) is 3.21. The number of para-hydroxylation sites is 1. The molecule has 0 radical (unpaired) electrons. The molecule has 0 aliphatic carbocycles. The molecule has 0 spiro atoms. The van der Waals surface area contributed by atoms with Crippen molar-refractivity contribution in [2.24, 2.45) is 10.9 Å². The zero-order valence-electron chi connectivity index (χ0n) is 27.0. The van der Waals surface area contributed by atoms with E-state index in [4.69, 9.17) is 33.8 Å². The van der Waals surface area contributed by atoms with Gasteiger partial charge in [0.1, 0.15) is 28.8 Å². The first-order chi connectivity index (χ1) is 23.1. The van der Waals surface area contributed by atoms with Gasteiger partial charge in [-0.15, -0.1) is 24.8 Å². The minimum absolute atomic E-state index is 0. The van der Waals surface area contributed by atoms with Crippen LogP contribution in [0.4, 0.5) is 0 Å². The third kappa shape index (κ3) is 7.96. The summed E-state index contributed by atoms with van der Waals surface area (Å²) >= 11 is 13.3. The van der Waals surface area contributed by atoms with Crippen molar-refractivity contribution in [3.63, 3.8) is 0 Å². The maximum Gasteiger partial charge on any atom is 0.253 e. The molecule has 2 aliphatic rings. The van der Waals surface area contributed by atoms with E-state index in [1.807, 2.05) is 31.2 Å². The lowest BCUT2D eigenvalue weighted by Gasteiger charge is -2.37. The maximum atomic E-state index is 14.1. The van der Waals surface area contributed by atoms with Gasteiger partial charge in [-0.3, -0.25) is 9.59 Å². The molecular weight excluding hydrogens is 746 g/mol. The highest BCUT2D eigenvalue weighted by atomic mass is 35.5. The number of rotatable bonds is 8. The summed E-state index contributed by atoms with van der Waals surface area (Å²) in [6.07, 6.45) is 2.39. The van der Waals surface area contributed by atoms with Gasteiger partial charge in [0.05, 0.1) is 11.2 Å². The summed E-state index contributed by atoms with van der Waals surface area (Å²) in [5.74, 6) is 5.27. The Labute approximate surface area is 313 Å². The summed E-state index contributed by atoms with van der Waals surface area (Å²) in [5, 5.41) is 4.58. The van der Waals surface area contributed by atoms with Crippen LogP contribution < -0.4 is 10.6 Å². The smallest absolute Gasteiger partial charge is 0.253 e. The summed E-state index contributed by atoms with van der Waals surface area (Å²) in [5.41, 5.74) is 3.11. The highest BCUT2D eigenvalue weighted by molar-refractivity contribution is 7.89. The normalized spacial score (nSPS) is 16.7. The van der Waals surface area contributed by atoms with E-state index < -0.39 is 16.1 Å². The number of nitrogens with zero attached hydrogens (tertiary/aromatic N) is 5. The average molecular weight is 783 g/mol. The number of carbonyl (C=O) groups is 2. The monoisotopic (exact) mass is 780 g/mol. The standard InChI is InChI=1S/C34H34Cl2N6O5S.2ClH/c1-22-7-10-24-4-2-6-29(32(24)39-22)47-21-26-27(35)13-14-30(31(26)36)48(45,46)42-15-3-5-28(42)34(44)41-18-16-40(17-19-41)33(43)25-11-8-23(9-12-25)20-38-37;;/h2,4,6-14,20,28H,3,5,15-19,21,37H2,1H3;2*1H/t28-;;/m0../s1. The van der Waals surface area contributed by atoms with E-state index in [9.17, 15) is 18.0 Å². The summed E-state index contributed by atoms with van der Waals surface area (Å²) < 4.78 is 35.5. The van der Waals surface area contributed by atoms with Crippen molar-refractivity contribution in [2.45, 2.75) is 37.3 Å². The molecule has 3 heterocycles. The van der Waals surface area contributed by atoms with E-state index in [1.165, 1.54) is 22.7 Å². The molecule has 6 rings (SSSR count). The van der Waals surface area contributed by atoms with Crippen molar-refractivity contribution in [2.75, 3.05) is 32.7 Å². The average Bonchev–Trinajstić information content (AvgIpc) is 3.59. The topological polar surface area (TPSA) is 138 Å². The predicted molar refractivity (Wildman–Crippen MR) is 199 cm³/mol. The number of carbonyl (C=O) groups excluding carboxylic acids is 2. The number of nitrogens with two attached hydrogens (primary N) is 1. The molecule has 11 nitrogen and oxygen atoms in total. The second-order valence-corrected chi connectivity index (χ2v) is 14.3. The van der Waals surface area contributed by atoms with E-state index in [-0.39, 0.29) is 64.7 Å². The van der Waals surface area contributed by atoms with Crippen molar-refractivity contribution in [1.82, 2.24) is 19.1 Å². The number of aryl methyl sites for hydroxylation is 1. The van der Waals surface area contributed by atoms with Crippen LogP contribution in [0, 0.1) is 6.92 Å². The van der Waals surface area contributed by atoms with Gasteiger partial charge in [0, 0.05) is 60.0 Å². The lowest BCUT2D eigenvalue weighted by molar-refractivity contribution is -0.136. The molecule has 2 saturated heterocycles. The third-order valence-electron chi connectivity index (χ3n) is 8.68. The van der Waals surface area contributed by atoms with Crippen LogP contribution in [0.2, 0.25) is 10.0 Å². The number of piperazine rings is 1. The minimum Gasteiger partial charge on any atom is -0.487 e. The number of hydrogen-bond acceptors (Lipinski definition) is 8. The number of pyridine rings is 1. The molecule has 16 heteroatoms. The second kappa shape index (κ2) is 16.6. The molecule has 2 fully saturated rings. The van der Waals surface area contributed by atoms with E-state index in [0.717, 1.165) is 16.6 Å². The van der Waals surface area contributed by atoms with E-state index in [0.29, 0.717) is 61.4 Å². The Balaban J connectivity index is 0.00000281. The van der Waals surface area contributed by atoms with E-state index >= 15 is 0 Å². The molecule has 1 aromatic heterocycles. The lowest BCUT2D eigenvalue weighted by Crippen LogP contribution is -2.55. The summed E-state index contributed by atoms with van der Waals surface area (Å²) in [6, 6.07) is 18.3. The zero-order chi connectivity index (χ0) is 34.0. The van der Waals surface area contributed by atoms with Gasteiger partial charge in [-0.25, -0.2) is 13.4 Å². The Morgan fingerprint density at radius 3 is 2.36 bits per heavy atom. The fourth-order valence-corrected chi connectivity index (χ4v) is 8.63. The molecule has 0 bridgehead atoms. The predicted octanol–water partition coefficient (Wildman–Crippen LogP) is 5.70. The van der Waals surface area contributed by atoms with Crippen LogP contribution in [-0.4, -0.2) is 84.3 Å². The Kier molecular flexibility index (Phi) is 13.0. The first kappa shape index (κ1) is 39.1.